The first kappa shape index (κ1) is 24.1. The number of nitrogens with zero attached hydrogens (tertiary/aromatic N) is 2. The van der Waals surface area contributed by atoms with Crippen LogP contribution in [0, 0.1) is 0 Å². The van der Waals surface area contributed by atoms with E-state index in [2.05, 4.69) is 141 Å². The smallest absolute Gasteiger partial charge is 0.212 e. The van der Waals surface area contributed by atoms with Gasteiger partial charge in [-0.3, -0.25) is 0 Å². The molecule has 0 bridgehead atoms. The van der Waals surface area contributed by atoms with E-state index in [1.54, 1.807) is 0 Å². The Kier molecular flexibility index (Phi) is 6.78. The molecule has 2 heteroatoms. The largest absolute Gasteiger partial charge is 0.372 e. The summed E-state index contributed by atoms with van der Waals surface area (Å²) in [5, 5.41) is 0. The molecule has 0 N–H and O–H groups in total. The quantitative estimate of drug-likeness (QED) is 0.267. The van der Waals surface area contributed by atoms with Crippen molar-refractivity contribution in [1.82, 2.24) is 0 Å². The van der Waals surface area contributed by atoms with Gasteiger partial charge in [0.05, 0.1) is 5.56 Å². The molecular formula is C34H37N2+. The van der Waals surface area contributed by atoms with Crippen LogP contribution < -0.4 is 9.47 Å². The van der Waals surface area contributed by atoms with Crippen molar-refractivity contribution in [3.05, 3.63) is 108 Å². The first-order valence-corrected chi connectivity index (χ1v) is 13.1. The molecule has 1 aliphatic heterocycles. The molecule has 1 saturated heterocycles. The molecule has 0 amide bonds. The summed E-state index contributed by atoms with van der Waals surface area (Å²) in [6, 6.07) is 31.0. The molecule has 0 atom stereocenters. The van der Waals surface area contributed by atoms with Crippen molar-refractivity contribution in [3.8, 4) is 22.4 Å². The lowest BCUT2D eigenvalue weighted by Gasteiger charge is -2.19. The summed E-state index contributed by atoms with van der Waals surface area (Å²) in [6.07, 6.45) is 9.37. The van der Waals surface area contributed by atoms with E-state index >= 15 is 0 Å². The van der Waals surface area contributed by atoms with Gasteiger partial charge in [0.1, 0.15) is 7.05 Å². The van der Waals surface area contributed by atoms with Crippen molar-refractivity contribution in [2.45, 2.75) is 39.0 Å². The van der Waals surface area contributed by atoms with Crippen LogP contribution in [0.3, 0.4) is 0 Å². The Bertz CT molecular complexity index is 1340. The van der Waals surface area contributed by atoms with E-state index in [9.17, 15) is 0 Å². The minimum Gasteiger partial charge on any atom is -0.372 e. The SMILES string of the molecule is C[n+]1cc(-c2ccccc2)c(/C=C/c2ccc(N3CCCC3)cc2)cc1-c1ccc(C(C)(C)C)cc1. The molecule has 36 heavy (non-hydrogen) atoms. The summed E-state index contributed by atoms with van der Waals surface area (Å²) in [5.74, 6) is 0. The van der Waals surface area contributed by atoms with E-state index in [1.807, 2.05) is 0 Å². The van der Waals surface area contributed by atoms with Crippen LogP contribution in [-0.2, 0) is 12.5 Å². The number of aromatic nitrogens is 1. The van der Waals surface area contributed by atoms with E-state index in [0.717, 1.165) is 0 Å². The van der Waals surface area contributed by atoms with E-state index in [-0.39, 0.29) is 5.41 Å². The van der Waals surface area contributed by atoms with Crippen LogP contribution in [0.2, 0.25) is 0 Å². The molecule has 2 nitrogen and oxygen atoms in total. The fraction of sp³-hybridized carbons (Fsp3) is 0.265. The number of anilines is 1. The van der Waals surface area contributed by atoms with Crippen molar-refractivity contribution >= 4 is 17.8 Å². The topological polar surface area (TPSA) is 7.12 Å². The Morgan fingerprint density at radius 3 is 2.06 bits per heavy atom. The van der Waals surface area contributed by atoms with Gasteiger partial charge in [0.15, 0.2) is 6.20 Å². The Morgan fingerprint density at radius 2 is 1.42 bits per heavy atom. The van der Waals surface area contributed by atoms with E-state index in [4.69, 9.17) is 0 Å². The average molecular weight is 474 g/mol. The monoisotopic (exact) mass is 473 g/mol. The van der Waals surface area contributed by atoms with Gasteiger partial charge in [-0.25, -0.2) is 4.57 Å². The highest BCUT2D eigenvalue weighted by Gasteiger charge is 2.18. The zero-order valence-corrected chi connectivity index (χ0v) is 22.0. The minimum atomic E-state index is 0.149. The Hall–Kier alpha value is -3.65. The van der Waals surface area contributed by atoms with Crippen molar-refractivity contribution < 1.29 is 4.57 Å². The minimum absolute atomic E-state index is 0.149. The predicted octanol–water partition coefficient (Wildman–Crippen LogP) is 7.91. The molecule has 0 spiro atoms. The third kappa shape index (κ3) is 5.28. The maximum Gasteiger partial charge on any atom is 0.212 e. The number of benzene rings is 3. The standard InChI is InChI=1S/C34H37N2/c1-34(2,3)30-18-16-28(17-19-30)33-24-29(32(25-35(33)4)27-10-6-5-7-11-27)15-12-26-13-20-31(21-14-26)36-22-8-9-23-36/h5-7,10-21,24-25H,8-9,22-23H2,1-4H3/q+1. The predicted molar refractivity (Wildman–Crippen MR) is 154 cm³/mol. The number of hydrogen-bond donors (Lipinski definition) is 0. The van der Waals surface area contributed by atoms with Crippen LogP contribution in [0.5, 0.6) is 0 Å². The highest BCUT2D eigenvalue weighted by molar-refractivity contribution is 5.82. The number of aryl methyl sites for hydroxylation is 1. The van der Waals surface area contributed by atoms with Crippen molar-refractivity contribution in [2.24, 2.45) is 7.05 Å². The summed E-state index contributed by atoms with van der Waals surface area (Å²) in [6.45, 7) is 9.14. The van der Waals surface area contributed by atoms with Crippen molar-refractivity contribution in [1.29, 1.82) is 0 Å². The van der Waals surface area contributed by atoms with Crippen molar-refractivity contribution in [2.75, 3.05) is 18.0 Å². The second-order valence-corrected chi connectivity index (χ2v) is 11.0. The summed E-state index contributed by atoms with van der Waals surface area (Å²) in [5.41, 5.74) is 10.2. The fourth-order valence-electron chi connectivity index (χ4n) is 5.05. The lowest BCUT2D eigenvalue weighted by atomic mass is 9.86. The molecule has 0 aliphatic carbocycles. The Labute approximate surface area is 216 Å². The number of rotatable bonds is 5. The van der Waals surface area contributed by atoms with E-state index < -0.39 is 0 Å². The third-order valence-electron chi connectivity index (χ3n) is 7.26. The summed E-state index contributed by atoms with van der Waals surface area (Å²) < 4.78 is 2.25. The van der Waals surface area contributed by atoms with Crippen LogP contribution in [0.25, 0.3) is 34.5 Å². The van der Waals surface area contributed by atoms with Gasteiger partial charge >= 0.3 is 0 Å². The second kappa shape index (κ2) is 10.1. The van der Waals surface area contributed by atoms with Gasteiger partial charge in [0.25, 0.3) is 0 Å². The van der Waals surface area contributed by atoms with E-state index in [1.165, 1.54) is 70.7 Å². The first-order chi connectivity index (χ1) is 17.4. The molecular weight excluding hydrogens is 436 g/mol. The molecule has 0 radical (unpaired) electrons. The van der Waals surface area contributed by atoms with Crippen LogP contribution in [-0.4, -0.2) is 13.1 Å². The summed E-state index contributed by atoms with van der Waals surface area (Å²) in [4.78, 5) is 2.48. The van der Waals surface area contributed by atoms with Crippen molar-refractivity contribution in [3.63, 3.8) is 0 Å². The zero-order chi connectivity index (χ0) is 25.1. The fourth-order valence-corrected chi connectivity index (χ4v) is 5.05. The molecule has 3 aromatic carbocycles. The molecule has 0 unspecified atom stereocenters. The summed E-state index contributed by atoms with van der Waals surface area (Å²) >= 11 is 0. The maximum atomic E-state index is 2.48. The van der Waals surface area contributed by atoms with Crippen LogP contribution in [0.15, 0.2) is 91.1 Å². The highest BCUT2D eigenvalue weighted by Crippen LogP contribution is 2.30. The van der Waals surface area contributed by atoms with Gasteiger partial charge < -0.3 is 4.90 Å². The lowest BCUT2D eigenvalue weighted by Crippen LogP contribution is -2.31. The molecule has 1 aliphatic rings. The van der Waals surface area contributed by atoms with Gasteiger partial charge in [-0.2, -0.15) is 0 Å². The van der Waals surface area contributed by atoms with E-state index in [0.29, 0.717) is 0 Å². The van der Waals surface area contributed by atoms with Crippen LogP contribution in [0.1, 0.15) is 50.3 Å². The normalized spacial score (nSPS) is 14.1. The molecule has 5 rings (SSSR count). The zero-order valence-electron chi connectivity index (χ0n) is 22.0. The lowest BCUT2D eigenvalue weighted by molar-refractivity contribution is -0.659. The van der Waals surface area contributed by atoms with Gasteiger partial charge in [0, 0.05) is 30.4 Å². The molecule has 4 aromatic rings. The molecule has 182 valence electrons. The van der Waals surface area contributed by atoms with Gasteiger partial charge in [-0.15, -0.1) is 0 Å². The number of pyridine rings is 1. The van der Waals surface area contributed by atoms with Crippen LogP contribution >= 0.6 is 0 Å². The van der Waals surface area contributed by atoms with Gasteiger partial charge in [-0.1, -0.05) is 87.5 Å². The molecule has 1 aromatic heterocycles. The number of hydrogen-bond acceptors (Lipinski definition) is 1. The molecule has 2 heterocycles. The third-order valence-corrected chi connectivity index (χ3v) is 7.26. The van der Waals surface area contributed by atoms with Gasteiger partial charge in [0.2, 0.25) is 5.69 Å². The van der Waals surface area contributed by atoms with Crippen LogP contribution in [0.4, 0.5) is 5.69 Å². The average Bonchev–Trinajstić information content (AvgIpc) is 3.43. The highest BCUT2D eigenvalue weighted by atomic mass is 15.1. The summed E-state index contributed by atoms with van der Waals surface area (Å²) in [7, 11) is 2.14. The maximum absolute atomic E-state index is 2.48. The first-order valence-electron chi connectivity index (χ1n) is 13.1. The van der Waals surface area contributed by atoms with Gasteiger partial charge in [-0.05, 0) is 64.8 Å². The Balaban J connectivity index is 1.51. The second-order valence-electron chi connectivity index (χ2n) is 11.0. The Morgan fingerprint density at radius 1 is 0.750 bits per heavy atom. The molecule has 0 saturated carbocycles. The molecule has 1 fully saturated rings.